The quantitative estimate of drug-likeness (QED) is 0.497. The lowest BCUT2D eigenvalue weighted by molar-refractivity contribution is -0.182. The third-order valence-electron chi connectivity index (χ3n) is 5.32. The Kier molecular flexibility index (Phi) is 4.95. The van der Waals surface area contributed by atoms with Crippen molar-refractivity contribution in [2.75, 3.05) is 0 Å². The second kappa shape index (κ2) is 7.15. The molecular formula is C19H17ClF3N3OS. The first-order valence-corrected chi connectivity index (χ1v) is 10.2. The largest absolute Gasteiger partial charge is 0.391 e. The Morgan fingerprint density at radius 1 is 1.21 bits per heavy atom. The van der Waals surface area contributed by atoms with Crippen molar-refractivity contribution in [3.8, 4) is 5.69 Å². The smallest absolute Gasteiger partial charge is 0.267 e. The first-order valence-electron chi connectivity index (χ1n) is 8.95. The highest BCUT2D eigenvalue weighted by atomic mass is 35.5. The van der Waals surface area contributed by atoms with Gasteiger partial charge in [-0.1, -0.05) is 11.6 Å². The molecule has 4 rings (SSSR count). The molecule has 1 fully saturated rings. The van der Waals surface area contributed by atoms with Crippen LogP contribution < -0.4 is 5.56 Å². The fourth-order valence-corrected chi connectivity index (χ4v) is 4.83. The van der Waals surface area contributed by atoms with Crippen molar-refractivity contribution < 1.29 is 13.2 Å². The number of hydrogen-bond acceptors (Lipinski definition) is 4. The zero-order valence-corrected chi connectivity index (χ0v) is 16.5. The second-order valence-electron chi connectivity index (χ2n) is 7.14. The van der Waals surface area contributed by atoms with Crippen LogP contribution in [0.5, 0.6) is 0 Å². The number of fused-ring (bicyclic) bond motifs is 1. The van der Waals surface area contributed by atoms with E-state index in [1.54, 1.807) is 12.1 Å². The predicted molar refractivity (Wildman–Crippen MR) is 104 cm³/mol. The molecule has 28 heavy (non-hydrogen) atoms. The van der Waals surface area contributed by atoms with Gasteiger partial charge < -0.3 is 0 Å². The highest BCUT2D eigenvalue weighted by Crippen LogP contribution is 2.43. The summed E-state index contributed by atoms with van der Waals surface area (Å²) in [5.41, 5.74) is 1.81. The van der Waals surface area contributed by atoms with Gasteiger partial charge >= 0.3 is 6.18 Å². The van der Waals surface area contributed by atoms with Crippen molar-refractivity contribution in [3.63, 3.8) is 0 Å². The fraction of sp³-hybridized carbons (Fsp3) is 0.421. The van der Waals surface area contributed by atoms with Crippen LogP contribution in [0, 0.1) is 12.8 Å². The molecule has 0 bridgehead atoms. The SMILES string of the molecule is Cc1csc2c(=O)n(-c3ccc(Cl)nc3)c([C@H]3CC[C@@H](C(F)(F)F)CC3)nc12. The minimum atomic E-state index is -4.17. The molecule has 9 heteroatoms. The molecule has 0 N–H and O–H groups in total. The van der Waals surface area contributed by atoms with E-state index in [4.69, 9.17) is 16.6 Å². The van der Waals surface area contributed by atoms with E-state index in [2.05, 4.69) is 4.98 Å². The molecule has 3 aromatic heterocycles. The number of pyridine rings is 1. The molecule has 0 saturated heterocycles. The first kappa shape index (κ1) is 19.4. The summed E-state index contributed by atoms with van der Waals surface area (Å²) >= 11 is 7.19. The van der Waals surface area contributed by atoms with Gasteiger partial charge in [-0.25, -0.2) is 9.97 Å². The number of alkyl halides is 3. The zero-order chi connectivity index (χ0) is 20.1. The van der Waals surface area contributed by atoms with Crippen LogP contribution in [0.3, 0.4) is 0 Å². The Labute approximate surface area is 168 Å². The molecule has 0 spiro atoms. The van der Waals surface area contributed by atoms with E-state index < -0.39 is 12.1 Å². The predicted octanol–water partition coefficient (Wildman–Crippen LogP) is 5.64. The first-order chi connectivity index (χ1) is 13.3. The summed E-state index contributed by atoms with van der Waals surface area (Å²) in [6.45, 7) is 1.88. The summed E-state index contributed by atoms with van der Waals surface area (Å²) in [5, 5.41) is 2.17. The number of hydrogen-bond donors (Lipinski definition) is 0. The van der Waals surface area contributed by atoms with E-state index in [0.717, 1.165) is 5.56 Å². The van der Waals surface area contributed by atoms with E-state index in [1.165, 1.54) is 22.1 Å². The molecule has 4 nitrogen and oxygen atoms in total. The van der Waals surface area contributed by atoms with Crippen molar-refractivity contribution in [1.82, 2.24) is 14.5 Å². The van der Waals surface area contributed by atoms with Gasteiger partial charge in [-0.3, -0.25) is 9.36 Å². The van der Waals surface area contributed by atoms with Gasteiger partial charge in [0.25, 0.3) is 5.56 Å². The topological polar surface area (TPSA) is 47.8 Å². The van der Waals surface area contributed by atoms with Gasteiger partial charge in [-0.05, 0) is 55.7 Å². The van der Waals surface area contributed by atoms with Gasteiger partial charge in [0.2, 0.25) is 0 Å². The molecule has 0 unspecified atom stereocenters. The minimum absolute atomic E-state index is 0.0452. The molecule has 1 aliphatic carbocycles. The Morgan fingerprint density at radius 3 is 2.54 bits per heavy atom. The third kappa shape index (κ3) is 3.43. The summed E-state index contributed by atoms with van der Waals surface area (Å²) in [7, 11) is 0. The van der Waals surface area contributed by atoms with Crippen LogP contribution in [0.25, 0.3) is 15.9 Å². The molecule has 0 radical (unpaired) electrons. The van der Waals surface area contributed by atoms with Gasteiger partial charge in [-0.15, -0.1) is 11.3 Å². The monoisotopic (exact) mass is 427 g/mol. The number of thiophene rings is 1. The Bertz CT molecular complexity index is 1070. The van der Waals surface area contributed by atoms with Crippen molar-refractivity contribution >= 4 is 33.2 Å². The van der Waals surface area contributed by atoms with Gasteiger partial charge in [0.05, 0.1) is 23.3 Å². The lowest BCUT2D eigenvalue weighted by Crippen LogP contribution is -2.30. The summed E-state index contributed by atoms with van der Waals surface area (Å²) in [5.74, 6) is -0.998. The van der Waals surface area contributed by atoms with E-state index in [-0.39, 0.29) is 24.3 Å². The van der Waals surface area contributed by atoms with Gasteiger partial charge in [0, 0.05) is 5.92 Å². The summed E-state index contributed by atoms with van der Waals surface area (Å²) in [6, 6.07) is 3.26. The molecule has 1 saturated carbocycles. The normalized spacial score (nSPS) is 20.6. The Hall–Kier alpha value is -1.93. The lowest BCUT2D eigenvalue weighted by atomic mass is 9.81. The van der Waals surface area contributed by atoms with Crippen LogP contribution in [0.2, 0.25) is 5.15 Å². The molecule has 148 valence electrons. The summed E-state index contributed by atoms with van der Waals surface area (Å²) < 4.78 is 41.2. The van der Waals surface area contributed by atoms with Crippen LogP contribution in [-0.4, -0.2) is 20.7 Å². The maximum absolute atomic E-state index is 13.2. The summed E-state index contributed by atoms with van der Waals surface area (Å²) in [6.07, 6.45) is -1.92. The highest BCUT2D eigenvalue weighted by Gasteiger charge is 2.42. The number of aryl methyl sites for hydroxylation is 1. The molecular weight excluding hydrogens is 411 g/mol. The maximum atomic E-state index is 13.2. The lowest BCUT2D eigenvalue weighted by Gasteiger charge is -2.30. The van der Waals surface area contributed by atoms with E-state index in [1.807, 2.05) is 12.3 Å². The van der Waals surface area contributed by atoms with Crippen LogP contribution in [0.1, 0.15) is 43.0 Å². The molecule has 0 aliphatic heterocycles. The molecule has 0 atom stereocenters. The standard InChI is InChI=1S/C19H17ClF3N3OS/c1-10-9-28-16-15(10)25-17(11-2-4-12(5-3-11)19(21,22)23)26(18(16)27)13-6-7-14(20)24-8-13/h6-9,11-12H,2-5H2,1H3/t11-,12+. The average Bonchev–Trinajstić information content (AvgIpc) is 3.03. The van der Waals surface area contributed by atoms with Crippen molar-refractivity contribution in [2.24, 2.45) is 5.92 Å². The minimum Gasteiger partial charge on any atom is -0.267 e. The van der Waals surface area contributed by atoms with E-state index in [0.29, 0.717) is 39.7 Å². The number of halogens is 4. The van der Waals surface area contributed by atoms with E-state index >= 15 is 0 Å². The van der Waals surface area contributed by atoms with Crippen molar-refractivity contribution in [2.45, 2.75) is 44.7 Å². The van der Waals surface area contributed by atoms with Crippen LogP contribution in [0.4, 0.5) is 13.2 Å². The van der Waals surface area contributed by atoms with Crippen LogP contribution >= 0.6 is 22.9 Å². The Balaban J connectivity index is 1.83. The third-order valence-corrected chi connectivity index (χ3v) is 6.62. The van der Waals surface area contributed by atoms with Gasteiger partial charge in [-0.2, -0.15) is 13.2 Å². The maximum Gasteiger partial charge on any atom is 0.391 e. The van der Waals surface area contributed by atoms with Crippen molar-refractivity contribution in [1.29, 1.82) is 0 Å². The van der Waals surface area contributed by atoms with Crippen molar-refractivity contribution in [3.05, 3.63) is 50.6 Å². The van der Waals surface area contributed by atoms with Gasteiger partial charge in [0.15, 0.2) is 0 Å². The summed E-state index contributed by atoms with van der Waals surface area (Å²) in [4.78, 5) is 22.0. The number of nitrogens with zero attached hydrogens (tertiary/aromatic N) is 3. The molecule has 3 aromatic rings. The van der Waals surface area contributed by atoms with Crippen LogP contribution in [-0.2, 0) is 0 Å². The number of aromatic nitrogens is 3. The van der Waals surface area contributed by atoms with Gasteiger partial charge in [0.1, 0.15) is 15.7 Å². The Morgan fingerprint density at radius 2 is 1.93 bits per heavy atom. The highest BCUT2D eigenvalue weighted by molar-refractivity contribution is 7.17. The molecule has 0 aromatic carbocycles. The zero-order valence-electron chi connectivity index (χ0n) is 15.0. The fourth-order valence-electron chi connectivity index (χ4n) is 3.80. The second-order valence-corrected chi connectivity index (χ2v) is 8.40. The van der Waals surface area contributed by atoms with Crippen LogP contribution in [0.15, 0.2) is 28.5 Å². The number of rotatable bonds is 2. The molecule has 1 aliphatic rings. The molecule has 3 heterocycles. The average molecular weight is 428 g/mol. The van der Waals surface area contributed by atoms with E-state index in [9.17, 15) is 18.0 Å². The molecule has 0 amide bonds.